The summed E-state index contributed by atoms with van der Waals surface area (Å²) in [7, 11) is 0. The Labute approximate surface area is 120 Å². The number of nitrogens with zero attached hydrogens (tertiary/aromatic N) is 1. The fourth-order valence-electron chi connectivity index (χ4n) is 2.72. The highest BCUT2D eigenvalue weighted by Gasteiger charge is 2.19. The van der Waals surface area contributed by atoms with Gasteiger partial charge in [0, 0.05) is 25.2 Å². The van der Waals surface area contributed by atoms with Crippen molar-refractivity contribution in [3.8, 4) is 0 Å². The fraction of sp³-hybridized carbons (Fsp3) is 0.625. The third-order valence-corrected chi connectivity index (χ3v) is 3.96. The Hall–Kier alpha value is -1.00. The van der Waals surface area contributed by atoms with E-state index in [9.17, 15) is 8.78 Å². The predicted molar refractivity (Wildman–Crippen MR) is 77.7 cm³/mol. The molecule has 0 aromatic heterocycles. The lowest BCUT2D eigenvalue weighted by Crippen LogP contribution is -2.41. The summed E-state index contributed by atoms with van der Waals surface area (Å²) in [4.78, 5) is 2.40. The van der Waals surface area contributed by atoms with E-state index in [1.54, 1.807) is 0 Å². The molecule has 1 heterocycles. The molecule has 20 heavy (non-hydrogen) atoms. The highest BCUT2D eigenvalue weighted by molar-refractivity contribution is 5.18. The van der Waals surface area contributed by atoms with Crippen LogP contribution in [0.3, 0.4) is 0 Å². The number of benzene rings is 1. The summed E-state index contributed by atoms with van der Waals surface area (Å²) in [5, 5.41) is 3.57. The molecule has 2 nitrogen and oxygen atoms in total. The van der Waals surface area contributed by atoms with Crippen molar-refractivity contribution in [2.75, 3.05) is 26.2 Å². The van der Waals surface area contributed by atoms with Gasteiger partial charge in [0.25, 0.3) is 0 Å². The molecule has 1 unspecified atom stereocenters. The second kappa shape index (κ2) is 7.14. The smallest absolute Gasteiger partial charge is 0.126 e. The first-order chi connectivity index (χ1) is 9.54. The molecule has 1 aliphatic rings. The van der Waals surface area contributed by atoms with Crippen LogP contribution in [-0.4, -0.2) is 37.1 Å². The molecule has 1 aromatic rings. The molecular weight excluding hydrogens is 258 g/mol. The molecule has 1 N–H and O–H groups in total. The second-order valence-electron chi connectivity index (χ2n) is 5.99. The van der Waals surface area contributed by atoms with E-state index in [1.807, 2.05) is 0 Å². The van der Waals surface area contributed by atoms with E-state index in [0.29, 0.717) is 18.4 Å². The summed E-state index contributed by atoms with van der Waals surface area (Å²) >= 11 is 0. The zero-order valence-corrected chi connectivity index (χ0v) is 12.3. The zero-order valence-electron chi connectivity index (χ0n) is 12.3. The quantitative estimate of drug-likeness (QED) is 0.913. The Kier molecular flexibility index (Phi) is 5.49. The average molecular weight is 282 g/mol. The minimum Gasteiger partial charge on any atom is -0.312 e. The van der Waals surface area contributed by atoms with Gasteiger partial charge >= 0.3 is 0 Å². The van der Waals surface area contributed by atoms with Gasteiger partial charge in [0.2, 0.25) is 0 Å². The molecule has 4 heteroatoms. The lowest BCUT2D eigenvalue weighted by Gasteiger charge is -2.26. The molecule has 112 valence electrons. The van der Waals surface area contributed by atoms with Crippen molar-refractivity contribution in [1.82, 2.24) is 10.2 Å². The molecule has 0 aliphatic carbocycles. The summed E-state index contributed by atoms with van der Waals surface area (Å²) in [5.74, 6) is -0.377. The number of nitrogens with one attached hydrogen (secondary N) is 1. The third kappa shape index (κ3) is 4.53. The zero-order chi connectivity index (χ0) is 14.5. The van der Waals surface area contributed by atoms with Crippen LogP contribution in [0.15, 0.2) is 18.2 Å². The summed E-state index contributed by atoms with van der Waals surface area (Å²) in [6.07, 6.45) is 1.82. The van der Waals surface area contributed by atoms with Crippen LogP contribution < -0.4 is 5.32 Å². The van der Waals surface area contributed by atoms with E-state index >= 15 is 0 Å². The summed E-state index contributed by atoms with van der Waals surface area (Å²) < 4.78 is 26.3. The second-order valence-corrected chi connectivity index (χ2v) is 5.99. The Morgan fingerprint density at radius 2 is 1.95 bits per heavy atom. The van der Waals surface area contributed by atoms with Crippen LogP contribution in [0.5, 0.6) is 0 Å². The van der Waals surface area contributed by atoms with Crippen molar-refractivity contribution >= 4 is 0 Å². The van der Waals surface area contributed by atoms with Crippen molar-refractivity contribution < 1.29 is 8.78 Å². The summed E-state index contributed by atoms with van der Waals surface area (Å²) in [6.45, 7) is 8.41. The van der Waals surface area contributed by atoms with Crippen molar-refractivity contribution in [2.45, 2.75) is 32.7 Å². The summed E-state index contributed by atoms with van der Waals surface area (Å²) in [6, 6.07) is 4.29. The van der Waals surface area contributed by atoms with Crippen LogP contribution in [-0.2, 0) is 6.42 Å². The van der Waals surface area contributed by atoms with Crippen LogP contribution in [0.4, 0.5) is 8.78 Å². The molecule has 0 radical (unpaired) electrons. The molecule has 0 spiro atoms. The van der Waals surface area contributed by atoms with E-state index in [4.69, 9.17) is 0 Å². The van der Waals surface area contributed by atoms with Crippen LogP contribution in [0.1, 0.15) is 25.8 Å². The van der Waals surface area contributed by atoms with E-state index in [2.05, 4.69) is 24.1 Å². The van der Waals surface area contributed by atoms with Crippen molar-refractivity contribution in [1.29, 1.82) is 0 Å². The van der Waals surface area contributed by atoms with E-state index in [1.165, 1.54) is 12.1 Å². The summed E-state index contributed by atoms with van der Waals surface area (Å²) in [5.41, 5.74) is 0.737. The lowest BCUT2D eigenvalue weighted by molar-refractivity contribution is 0.248. The van der Waals surface area contributed by atoms with Gasteiger partial charge in [0.15, 0.2) is 0 Å². The minimum absolute atomic E-state index is 0.488. The van der Waals surface area contributed by atoms with Crippen LogP contribution in [0.25, 0.3) is 0 Å². The van der Waals surface area contributed by atoms with Gasteiger partial charge in [0.1, 0.15) is 11.6 Å². The van der Waals surface area contributed by atoms with Gasteiger partial charge in [-0.05, 0) is 49.5 Å². The van der Waals surface area contributed by atoms with Crippen LogP contribution in [0, 0.1) is 17.6 Å². The molecule has 1 saturated heterocycles. The van der Waals surface area contributed by atoms with Crippen molar-refractivity contribution in [2.24, 2.45) is 5.92 Å². The predicted octanol–water partition coefficient (Wildman–Crippen LogP) is 2.83. The first kappa shape index (κ1) is 15.4. The maximum absolute atomic E-state index is 13.2. The molecule has 1 fully saturated rings. The van der Waals surface area contributed by atoms with E-state index < -0.39 is 11.6 Å². The average Bonchev–Trinajstić information content (AvgIpc) is 2.60. The Balaban J connectivity index is 1.91. The molecule has 0 amide bonds. The first-order valence-electron chi connectivity index (χ1n) is 7.45. The Morgan fingerprint density at radius 1 is 1.25 bits per heavy atom. The monoisotopic (exact) mass is 282 g/mol. The maximum atomic E-state index is 13.2. The maximum Gasteiger partial charge on any atom is 0.126 e. The molecule has 2 rings (SSSR count). The van der Waals surface area contributed by atoms with Gasteiger partial charge in [-0.25, -0.2) is 8.78 Å². The number of rotatable bonds is 4. The van der Waals surface area contributed by atoms with Gasteiger partial charge in [-0.2, -0.15) is 0 Å². The molecule has 0 bridgehead atoms. The fourth-order valence-corrected chi connectivity index (χ4v) is 2.72. The number of halogens is 2. The van der Waals surface area contributed by atoms with Crippen LogP contribution in [0.2, 0.25) is 0 Å². The number of hydrogen-bond acceptors (Lipinski definition) is 2. The highest BCUT2D eigenvalue weighted by Crippen LogP contribution is 2.12. The van der Waals surface area contributed by atoms with E-state index in [-0.39, 0.29) is 0 Å². The molecule has 1 aliphatic heterocycles. The molecule has 0 saturated carbocycles. The molecule has 1 aromatic carbocycles. The largest absolute Gasteiger partial charge is 0.312 e. The van der Waals surface area contributed by atoms with Crippen molar-refractivity contribution in [3.63, 3.8) is 0 Å². The topological polar surface area (TPSA) is 15.3 Å². The van der Waals surface area contributed by atoms with Gasteiger partial charge in [-0.1, -0.05) is 13.8 Å². The van der Waals surface area contributed by atoms with Gasteiger partial charge in [0.05, 0.1) is 0 Å². The van der Waals surface area contributed by atoms with Gasteiger partial charge < -0.3 is 10.2 Å². The van der Waals surface area contributed by atoms with Crippen LogP contribution >= 0.6 is 0 Å². The minimum atomic E-state index is -0.488. The van der Waals surface area contributed by atoms with Gasteiger partial charge in [-0.3, -0.25) is 0 Å². The Bertz CT molecular complexity index is 414. The molecular formula is C16H24F2N2. The first-order valence-corrected chi connectivity index (χ1v) is 7.45. The van der Waals surface area contributed by atoms with Gasteiger partial charge in [-0.15, -0.1) is 0 Å². The lowest BCUT2D eigenvalue weighted by atomic mass is 10.0. The number of hydrogen-bond donors (Lipinski definition) is 1. The third-order valence-electron chi connectivity index (χ3n) is 3.96. The standard InChI is InChI=1S/C16H24F2N2/c1-12(2)16-11-20(6-3-5-19-16)7-4-13-8-14(17)10-15(18)9-13/h8-10,12,16,19H,3-7,11H2,1-2H3. The Morgan fingerprint density at radius 3 is 2.60 bits per heavy atom. The van der Waals surface area contributed by atoms with E-state index in [0.717, 1.165) is 44.2 Å². The molecule has 1 atom stereocenters. The highest BCUT2D eigenvalue weighted by atomic mass is 19.1. The SMILES string of the molecule is CC(C)C1CN(CCc2cc(F)cc(F)c2)CCCN1. The normalized spacial score (nSPS) is 21.1. The van der Waals surface area contributed by atoms with Crippen molar-refractivity contribution in [3.05, 3.63) is 35.4 Å².